The molecule has 1 unspecified atom stereocenters. The van der Waals surface area contributed by atoms with Crippen LogP contribution in [-0.2, 0) is 11.8 Å². The van der Waals surface area contributed by atoms with Crippen LogP contribution in [0.2, 0.25) is 0 Å². The highest BCUT2D eigenvalue weighted by Gasteiger charge is 2.49. The fraction of sp³-hybridized carbons (Fsp3) is 0.381. The number of hydrogen-bond donors (Lipinski definition) is 2. The summed E-state index contributed by atoms with van der Waals surface area (Å²) in [6.07, 6.45) is 3.02. The Kier molecular flexibility index (Phi) is 5.87. The number of urea groups is 1. The van der Waals surface area contributed by atoms with Crippen molar-refractivity contribution < 1.29 is 9.53 Å². The van der Waals surface area contributed by atoms with Crippen molar-refractivity contribution in [2.45, 2.75) is 37.6 Å². The third kappa shape index (κ3) is 4.39. The Balaban J connectivity index is 1.47. The van der Waals surface area contributed by atoms with Crippen LogP contribution in [0, 0.1) is 0 Å². The topological polar surface area (TPSA) is 50.4 Å². The van der Waals surface area contributed by atoms with E-state index in [0.717, 1.165) is 29.5 Å². The SMILES string of the molecule is COc1ccc(CCNC(=O)NC(C)C2(c3ccc(Br)cc3)CC2)cc1. The van der Waals surface area contributed by atoms with Crippen molar-refractivity contribution in [3.8, 4) is 5.75 Å². The van der Waals surface area contributed by atoms with E-state index >= 15 is 0 Å². The number of nitrogens with one attached hydrogen (secondary N) is 2. The van der Waals surface area contributed by atoms with Gasteiger partial charge in [-0.05, 0) is 61.6 Å². The Morgan fingerprint density at radius 2 is 1.81 bits per heavy atom. The Morgan fingerprint density at radius 1 is 1.15 bits per heavy atom. The second-order valence-corrected chi connectivity index (χ2v) is 7.80. The minimum Gasteiger partial charge on any atom is -0.497 e. The van der Waals surface area contributed by atoms with Gasteiger partial charge in [0.15, 0.2) is 0 Å². The average molecular weight is 417 g/mol. The first-order chi connectivity index (χ1) is 12.5. The minimum absolute atomic E-state index is 0.0774. The Bertz CT molecular complexity index is 740. The zero-order valence-electron chi connectivity index (χ0n) is 15.2. The highest BCUT2D eigenvalue weighted by molar-refractivity contribution is 9.10. The van der Waals surface area contributed by atoms with Crippen LogP contribution in [-0.4, -0.2) is 25.7 Å². The first kappa shape index (κ1) is 18.8. The van der Waals surface area contributed by atoms with Crippen LogP contribution in [0.4, 0.5) is 4.79 Å². The number of carbonyl (C=O) groups excluding carboxylic acids is 1. The van der Waals surface area contributed by atoms with E-state index in [1.54, 1.807) is 7.11 Å². The number of carbonyl (C=O) groups is 1. The Labute approximate surface area is 163 Å². The van der Waals surface area contributed by atoms with Gasteiger partial charge in [0.2, 0.25) is 0 Å². The molecule has 26 heavy (non-hydrogen) atoms. The maximum absolute atomic E-state index is 12.3. The molecule has 0 aromatic heterocycles. The fourth-order valence-corrected chi connectivity index (χ4v) is 3.65. The predicted octanol–water partition coefficient (Wildman–Crippen LogP) is 4.42. The van der Waals surface area contributed by atoms with Gasteiger partial charge in [-0.1, -0.05) is 40.2 Å². The van der Waals surface area contributed by atoms with Gasteiger partial charge in [-0.2, -0.15) is 0 Å². The lowest BCUT2D eigenvalue weighted by Crippen LogP contribution is -2.46. The molecule has 5 heteroatoms. The summed E-state index contributed by atoms with van der Waals surface area (Å²) < 4.78 is 6.23. The number of rotatable bonds is 7. The van der Waals surface area contributed by atoms with Crippen molar-refractivity contribution in [2.24, 2.45) is 0 Å². The van der Waals surface area contributed by atoms with Gasteiger partial charge >= 0.3 is 6.03 Å². The number of ether oxygens (including phenoxy) is 1. The lowest BCUT2D eigenvalue weighted by Gasteiger charge is -2.25. The molecule has 0 radical (unpaired) electrons. The van der Waals surface area contributed by atoms with Gasteiger partial charge in [0.25, 0.3) is 0 Å². The molecule has 1 fully saturated rings. The molecule has 138 valence electrons. The van der Waals surface area contributed by atoms with E-state index in [-0.39, 0.29) is 17.5 Å². The molecule has 0 heterocycles. The zero-order valence-corrected chi connectivity index (χ0v) is 16.8. The fourth-order valence-electron chi connectivity index (χ4n) is 3.39. The molecule has 0 bridgehead atoms. The molecular weight excluding hydrogens is 392 g/mol. The molecule has 0 saturated heterocycles. The molecule has 2 N–H and O–H groups in total. The number of hydrogen-bond acceptors (Lipinski definition) is 2. The highest BCUT2D eigenvalue weighted by atomic mass is 79.9. The van der Waals surface area contributed by atoms with Crippen LogP contribution < -0.4 is 15.4 Å². The highest BCUT2D eigenvalue weighted by Crippen LogP contribution is 2.51. The van der Waals surface area contributed by atoms with E-state index in [4.69, 9.17) is 4.74 Å². The van der Waals surface area contributed by atoms with Crippen molar-refractivity contribution in [1.82, 2.24) is 10.6 Å². The summed E-state index contributed by atoms with van der Waals surface area (Å²) in [5.74, 6) is 0.843. The third-order valence-electron chi connectivity index (χ3n) is 5.24. The summed E-state index contributed by atoms with van der Waals surface area (Å²) >= 11 is 3.48. The lowest BCUT2D eigenvalue weighted by atomic mass is 9.89. The van der Waals surface area contributed by atoms with Crippen molar-refractivity contribution >= 4 is 22.0 Å². The summed E-state index contributed by atoms with van der Waals surface area (Å²) in [5.41, 5.74) is 2.55. The van der Waals surface area contributed by atoms with Crippen molar-refractivity contribution in [2.75, 3.05) is 13.7 Å². The molecule has 1 aliphatic carbocycles. The van der Waals surface area contributed by atoms with E-state index in [2.05, 4.69) is 57.8 Å². The minimum atomic E-state index is -0.102. The summed E-state index contributed by atoms with van der Waals surface area (Å²) in [6.45, 7) is 2.70. The Morgan fingerprint density at radius 3 is 2.38 bits per heavy atom. The zero-order chi connectivity index (χ0) is 18.6. The molecule has 0 spiro atoms. The van der Waals surface area contributed by atoms with E-state index in [1.807, 2.05) is 24.3 Å². The van der Waals surface area contributed by atoms with Gasteiger partial charge in [-0.15, -0.1) is 0 Å². The largest absolute Gasteiger partial charge is 0.497 e. The van der Waals surface area contributed by atoms with Gasteiger partial charge in [0, 0.05) is 22.5 Å². The standard InChI is InChI=1S/C21H25BrN2O2/c1-15(21(12-13-21)17-5-7-18(22)8-6-17)24-20(25)23-14-11-16-3-9-19(26-2)10-4-16/h3-10,15H,11-14H2,1-2H3,(H2,23,24,25). The van der Waals surface area contributed by atoms with Crippen molar-refractivity contribution in [3.05, 3.63) is 64.1 Å². The maximum Gasteiger partial charge on any atom is 0.315 e. The molecule has 3 rings (SSSR count). The van der Waals surface area contributed by atoms with E-state index in [1.165, 1.54) is 11.1 Å². The van der Waals surface area contributed by atoms with Gasteiger partial charge in [-0.25, -0.2) is 4.79 Å². The summed E-state index contributed by atoms with van der Waals surface area (Å²) in [4.78, 5) is 12.3. The van der Waals surface area contributed by atoms with Gasteiger partial charge in [-0.3, -0.25) is 0 Å². The number of halogens is 1. The first-order valence-electron chi connectivity index (χ1n) is 8.97. The molecule has 2 amide bonds. The number of benzene rings is 2. The molecule has 1 atom stereocenters. The van der Waals surface area contributed by atoms with Crippen LogP contribution >= 0.6 is 15.9 Å². The van der Waals surface area contributed by atoms with Crippen LogP contribution in [0.3, 0.4) is 0 Å². The quantitative estimate of drug-likeness (QED) is 0.701. The lowest BCUT2D eigenvalue weighted by molar-refractivity contribution is 0.235. The second kappa shape index (κ2) is 8.12. The normalized spacial score (nSPS) is 15.8. The van der Waals surface area contributed by atoms with Crippen molar-refractivity contribution in [1.29, 1.82) is 0 Å². The van der Waals surface area contributed by atoms with Gasteiger partial charge in [0.1, 0.15) is 5.75 Å². The molecule has 4 nitrogen and oxygen atoms in total. The second-order valence-electron chi connectivity index (χ2n) is 6.88. The third-order valence-corrected chi connectivity index (χ3v) is 5.77. The van der Waals surface area contributed by atoms with Gasteiger partial charge in [0.05, 0.1) is 7.11 Å². The summed E-state index contributed by atoms with van der Waals surface area (Å²) in [6, 6.07) is 16.3. The smallest absolute Gasteiger partial charge is 0.315 e. The molecule has 0 aliphatic heterocycles. The molecule has 1 saturated carbocycles. The monoisotopic (exact) mass is 416 g/mol. The van der Waals surface area contributed by atoms with E-state index in [9.17, 15) is 4.79 Å². The number of methoxy groups -OCH3 is 1. The van der Waals surface area contributed by atoms with Crippen LogP contribution in [0.5, 0.6) is 5.75 Å². The van der Waals surface area contributed by atoms with Crippen LogP contribution in [0.25, 0.3) is 0 Å². The molecule has 1 aliphatic rings. The predicted molar refractivity (Wildman–Crippen MR) is 108 cm³/mol. The molecular formula is C21H25BrN2O2. The molecule has 2 aromatic carbocycles. The average Bonchev–Trinajstić information content (AvgIpc) is 3.45. The van der Waals surface area contributed by atoms with Crippen molar-refractivity contribution in [3.63, 3.8) is 0 Å². The summed E-state index contributed by atoms with van der Waals surface area (Å²) in [5, 5.41) is 6.08. The van der Waals surface area contributed by atoms with Crippen LogP contribution in [0.15, 0.2) is 53.0 Å². The Hall–Kier alpha value is -2.01. The van der Waals surface area contributed by atoms with E-state index in [0.29, 0.717) is 6.54 Å². The van der Waals surface area contributed by atoms with Gasteiger partial charge < -0.3 is 15.4 Å². The van der Waals surface area contributed by atoms with Crippen LogP contribution in [0.1, 0.15) is 30.9 Å². The maximum atomic E-state index is 12.3. The first-order valence-corrected chi connectivity index (χ1v) is 9.76. The van der Waals surface area contributed by atoms with E-state index < -0.39 is 0 Å². The summed E-state index contributed by atoms with van der Waals surface area (Å²) in [7, 11) is 1.66. The molecule has 2 aromatic rings. The number of amides is 2.